The van der Waals surface area contributed by atoms with Crippen LogP contribution in [0, 0.1) is 0 Å². The maximum Gasteiger partial charge on any atom is 0.278 e. The van der Waals surface area contributed by atoms with Crippen molar-refractivity contribution in [2.45, 2.75) is 19.3 Å². The maximum absolute atomic E-state index is 6.07. The van der Waals surface area contributed by atoms with E-state index in [1.807, 2.05) is 41.8 Å². The largest absolute Gasteiger partial charge is 0.497 e. The van der Waals surface area contributed by atoms with E-state index < -0.39 is 0 Å². The van der Waals surface area contributed by atoms with Crippen molar-refractivity contribution in [2.24, 2.45) is 0 Å². The second kappa shape index (κ2) is 6.64. The van der Waals surface area contributed by atoms with Crippen molar-refractivity contribution in [3.8, 4) is 28.0 Å². The van der Waals surface area contributed by atoms with Crippen LogP contribution in [0.5, 0.6) is 5.75 Å². The number of imidazole rings is 1. The van der Waals surface area contributed by atoms with Gasteiger partial charge in [0, 0.05) is 0 Å². The Morgan fingerprint density at radius 3 is 2.89 bits per heavy atom. The number of hydrogen-bond acceptors (Lipinski definition) is 7. The summed E-state index contributed by atoms with van der Waals surface area (Å²) >= 11 is 1.57. The monoisotopic (exact) mass is 380 g/mol. The molecule has 0 bridgehead atoms. The van der Waals surface area contributed by atoms with Gasteiger partial charge in [0.15, 0.2) is 5.69 Å². The van der Waals surface area contributed by atoms with Gasteiger partial charge in [0.1, 0.15) is 11.9 Å². The van der Waals surface area contributed by atoms with Gasteiger partial charge in [-0.25, -0.2) is 4.98 Å². The van der Waals surface area contributed by atoms with Gasteiger partial charge >= 0.3 is 0 Å². The van der Waals surface area contributed by atoms with Crippen LogP contribution in [0.1, 0.15) is 17.4 Å². The number of benzene rings is 1. The van der Waals surface area contributed by atoms with Crippen molar-refractivity contribution < 1.29 is 14.0 Å². The Hall–Kier alpha value is -2.97. The molecule has 0 saturated heterocycles. The molecule has 0 amide bonds. The molecule has 4 heterocycles. The molecule has 0 unspecified atom stereocenters. The Morgan fingerprint density at radius 2 is 2.11 bits per heavy atom. The smallest absolute Gasteiger partial charge is 0.278 e. The summed E-state index contributed by atoms with van der Waals surface area (Å²) in [6.45, 7) is 1.11. The summed E-state index contributed by atoms with van der Waals surface area (Å²) in [5.74, 6) is 1.83. The summed E-state index contributed by atoms with van der Waals surface area (Å²) in [5, 5.41) is 6.05. The summed E-state index contributed by atoms with van der Waals surface area (Å²) in [6, 6.07) is 11.9. The molecule has 5 rings (SSSR count). The fourth-order valence-corrected chi connectivity index (χ4v) is 3.80. The first kappa shape index (κ1) is 16.2. The zero-order valence-corrected chi connectivity index (χ0v) is 15.3. The minimum Gasteiger partial charge on any atom is -0.497 e. The van der Waals surface area contributed by atoms with Gasteiger partial charge in [-0.2, -0.15) is 4.98 Å². The number of methoxy groups -OCH3 is 1. The minimum absolute atomic E-state index is 0.0326. The molecule has 8 heteroatoms. The molecule has 0 N–H and O–H groups in total. The van der Waals surface area contributed by atoms with Gasteiger partial charge in [-0.15, -0.1) is 11.3 Å². The lowest BCUT2D eigenvalue weighted by Gasteiger charge is -2.25. The molecule has 1 aliphatic rings. The van der Waals surface area contributed by atoms with Crippen LogP contribution in [0.3, 0.4) is 0 Å². The highest BCUT2D eigenvalue weighted by molar-refractivity contribution is 7.13. The average Bonchev–Trinajstić information content (AvgIpc) is 3.46. The normalized spacial score (nSPS) is 16.3. The van der Waals surface area contributed by atoms with Crippen LogP contribution >= 0.6 is 11.3 Å². The van der Waals surface area contributed by atoms with E-state index in [0.29, 0.717) is 30.6 Å². The summed E-state index contributed by atoms with van der Waals surface area (Å²) in [6.07, 6.45) is 1.77. The Labute approximate surface area is 159 Å². The number of aromatic nitrogens is 4. The Morgan fingerprint density at radius 1 is 1.22 bits per heavy atom. The highest BCUT2D eigenvalue weighted by atomic mass is 32.1. The molecule has 0 fully saturated rings. The molecule has 0 spiro atoms. The summed E-state index contributed by atoms with van der Waals surface area (Å²) < 4.78 is 18.8. The van der Waals surface area contributed by atoms with Gasteiger partial charge in [0.25, 0.3) is 5.89 Å². The number of rotatable bonds is 4. The summed E-state index contributed by atoms with van der Waals surface area (Å²) in [4.78, 5) is 9.94. The van der Waals surface area contributed by atoms with Crippen LogP contribution in [-0.4, -0.2) is 26.8 Å². The average molecular weight is 380 g/mol. The van der Waals surface area contributed by atoms with Crippen molar-refractivity contribution in [1.82, 2.24) is 19.7 Å². The molecule has 1 atom stereocenters. The lowest BCUT2D eigenvalue weighted by Crippen LogP contribution is -2.20. The molecular formula is C19H16N4O3S. The molecule has 4 aromatic rings. The third-order valence-corrected chi connectivity index (χ3v) is 5.45. The van der Waals surface area contributed by atoms with Crippen molar-refractivity contribution in [3.63, 3.8) is 0 Å². The van der Waals surface area contributed by atoms with Crippen molar-refractivity contribution in [3.05, 3.63) is 59.4 Å². The fourth-order valence-electron chi connectivity index (χ4n) is 3.15. The number of fused-ring (bicyclic) bond motifs is 1. The molecule has 27 heavy (non-hydrogen) atoms. The van der Waals surface area contributed by atoms with Crippen molar-refractivity contribution in [2.75, 3.05) is 7.11 Å². The van der Waals surface area contributed by atoms with E-state index in [-0.39, 0.29) is 6.10 Å². The van der Waals surface area contributed by atoms with E-state index >= 15 is 0 Å². The van der Waals surface area contributed by atoms with Crippen LogP contribution < -0.4 is 4.74 Å². The van der Waals surface area contributed by atoms with Gasteiger partial charge in [0.05, 0.1) is 37.2 Å². The van der Waals surface area contributed by atoms with Crippen LogP contribution in [0.4, 0.5) is 0 Å². The topological polar surface area (TPSA) is 75.2 Å². The first-order valence-electron chi connectivity index (χ1n) is 8.49. The van der Waals surface area contributed by atoms with E-state index in [1.165, 1.54) is 0 Å². The van der Waals surface area contributed by atoms with E-state index in [4.69, 9.17) is 14.0 Å². The zero-order valence-electron chi connectivity index (χ0n) is 14.5. The third-order valence-electron chi connectivity index (χ3n) is 4.59. The van der Waals surface area contributed by atoms with Gasteiger partial charge in [-0.05, 0) is 29.1 Å². The third kappa shape index (κ3) is 2.92. The maximum atomic E-state index is 6.07. The standard InChI is InChI=1S/C19H16N4O3S/c1-24-13-6-4-12(5-7-13)15-9-23-11-20-17(14(23)10-25-15)19-21-18(22-26-19)16-3-2-8-27-16/h2-8,11,15H,9-10H2,1H3/t15-/m0/s1. The SMILES string of the molecule is COc1ccc([C@@H]2Cn3cnc(-c4nc(-c5cccs5)no4)c3CO2)cc1. The fraction of sp³-hybridized carbons (Fsp3) is 0.211. The molecule has 7 nitrogen and oxygen atoms in total. The van der Waals surface area contributed by atoms with Gasteiger partial charge in [0.2, 0.25) is 5.82 Å². The van der Waals surface area contributed by atoms with Crippen LogP contribution in [-0.2, 0) is 17.9 Å². The molecule has 0 radical (unpaired) electrons. The van der Waals surface area contributed by atoms with Gasteiger partial charge < -0.3 is 18.6 Å². The van der Waals surface area contributed by atoms with E-state index in [0.717, 1.165) is 21.9 Å². The Kier molecular flexibility index (Phi) is 3.99. The van der Waals surface area contributed by atoms with E-state index in [9.17, 15) is 0 Å². The Bertz CT molecular complexity index is 1050. The molecule has 3 aromatic heterocycles. The van der Waals surface area contributed by atoms with E-state index in [1.54, 1.807) is 24.8 Å². The van der Waals surface area contributed by atoms with Gasteiger partial charge in [-0.3, -0.25) is 0 Å². The predicted octanol–water partition coefficient (Wildman–Crippen LogP) is 3.94. The molecule has 1 aromatic carbocycles. The Balaban J connectivity index is 1.40. The zero-order chi connectivity index (χ0) is 18.2. The quantitative estimate of drug-likeness (QED) is 0.534. The lowest BCUT2D eigenvalue weighted by molar-refractivity contribution is 0.00328. The van der Waals surface area contributed by atoms with Crippen molar-refractivity contribution in [1.29, 1.82) is 0 Å². The molecule has 0 aliphatic carbocycles. The van der Waals surface area contributed by atoms with Crippen molar-refractivity contribution >= 4 is 11.3 Å². The number of thiophene rings is 1. The number of hydrogen-bond donors (Lipinski definition) is 0. The second-order valence-electron chi connectivity index (χ2n) is 6.17. The number of nitrogens with zero attached hydrogens (tertiary/aromatic N) is 4. The minimum atomic E-state index is -0.0326. The highest BCUT2D eigenvalue weighted by Gasteiger charge is 2.26. The lowest BCUT2D eigenvalue weighted by atomic mass is 10.1. The first-order valence-corrected chi connectivity index (χ1v) is 9.37. The first-order chi connectivity index (χ1) is 13.3. The summed E-state index contributed by atoms with van der Waals surface area (Å²) in [7, 11) is 1.66. The second-order valence-corrected chi connectivity index (χ2v) is 7.11. The molecular weight excluding hydrogens is 364 g/mol. The molecule has 1 aliphatic heterocycles. The van der Waals surface area contributed by atoms with Crippen LogP contribution in [0.25, 0.3) is 22.3 Å². The summed E-state index contributed by atoms with van der Waals surface area (Å²) in [5.41, 5.74) is 2.73. The van der Waals surface area contributed by atoms with E-state index in [2.05, 4.69) is 19.7 Å². The molecule has 136 valence electrons. The highest BCUT2D eigenvalue weighted by Crippen LogP contribution is 2.32. The van der Waals surface area contributed by atoms with Crippen LogP contribution in [0.15, 0.2) is 52.6 Å². The van der Waals surface area contributed by atoms with Crippen LogP contribution in [0.2, 0.25) is 0 Å². The van der Waals surface area contributed by atoms with Gasteiger partial charge in [-0.1, -0.05) is 23.4 Å². The predicted molar refractivity (Wildman–Crippen MR) is 99.4 cm³/mol. The molecule has 0 saturated carbocycles. The number of ether oxygens (including phenoxy) is 2.